The molecule has 2 heterocycles. The number of phenols is 2. The Kier molecular flexibility index (Phi) is 14.9. The predicted molar refractivity (Wildman–Crippen MR) is 171 cm³/mol. The Morgan fingerprint density at radius 3 is 1.02 bits per heavy atom. The Labute approximate surface area is 242 Å². The average molecular weight is 545 g/mol. The van der Waals surface area contributed by atoms with E-state index in [1.165, 1.54) is 22.5 Å². The summed E-state index contributed by atoms with van der Waals surface area (Å²) in [4.78, 5) is 11.9. The zero-order valence-electron chi connectivity index (χ0n) is 25.9. The molecule has 4 aromatic rings. The van der Waals surface area contributed by atoms with Crippen LogP contribution >= 0.6 is 0 Å². The van der Waals surface area contributed by atoms with E-state index in [2.05, 4.69) is 37.7 Å². The topological polar surface area (TPSA) is 72.7 Å². The minimum atomic E-state index is 0.398. The normalized spacial score (nSPS) is 9.90. The van der Waals surface area contributed by atoms with Crippen molar-refractivity contribution in [3.63, 3.8) is 0 Å². The molecule has 0 bridgehead atoms. The maximum Gasteiger partial charge on any atom is 0.119 e. The van der Waals surface area contributed by atoms with Gasteiger partial charge in [-0.15, -0.1) is 0 Å². The van der Waals surface area contributed by atoms with Crippen LogP contribution < -0.4 is 9.80 Å². The molecule has 0 saturated heterocycles. The second-order valence-corrected chi connectivity index (χ2v) is 10.6. The molecule has 0 aliphatic carbocycles. The maximum absolute atomic E-state index is 9.41. The summed E-state index contributed by atoms with van der Waals surface area (Å²) in [5.74, 6) is 1.61. The van der Waals surface area contributed by atoms with Crippen LogP contribution in [0.1, 0.15) is 61.8 Å². The molecule has 0 spiro atoms. The SMILES string of the molecule is CN(C)c1ccncc1.CN(C)c1ccncc1.Cc1ccc(O)c(C(C)C)c1.Cc1ccc(O)c(C(C)C)c1. The molecular weight excluding hydrogens is 496 g/mol. The number of hydrogen-bond acceptors (Lipinski definition) is 6. The highest BCUT2D eigenvalue weighted by Gasteiger charge is 2.05. The molecule has 0 unspecified atom stereocenters. The lowest BCUT2D eigenvalue weighted by molar-refractivity contribution is 0.464. The number of aromatic hydroxyl groups is 2. The molecule has 2 N–H and O–H groups in total. The first kappa shape index (κ1) is 34.0. The second kappa shape index (κ2) is 17.5. The maximum atomic E-state index is 9.41. The van der Waals surface area contributed by atoms with Gasteiger partial charge in [-0.25, -0.2) is 0 Å². The van der Waals surface area contributed by atoms with Gasteiger partial charge >= 0.3 is 0 Å². The van der Waals surface area contributed by atoms with Crippen LogP contribution in [0.15, 0.2) is 85.5 Å². The lowest BCUT2D eigenvalue weighted by atomic mass is 10.0. The number of aromatic nitrogens is 2. The van der Waals surface area contributed by atoms with Crippen LogP contribution in [0.3, 0.4) is 0 Å². The first-order valence-electron chi connectivity index (χ1n) is 13.6. The van der Waals surface area contributed by atoms with E-state index in [4.69, 9.17) is 0 Å². The van der Waals surface area contributed by atoms with Crippen molar-refractivity contribution in [3.8, 4) is 11.5 Å². The number of pyridine rings is 2. The summed E-state index contributed by atoms with van der Waals surface area (Å²) in [5.41, 5.74) is 6.84. The van der Waals surface area contributed by atoms with Gasteiger partial charge in [-0.3, -0.25) is 9.97 Å². The molecule has 6 nitrogen and oxygen atoms in total. The Hall–Kier alpha value is -4.06. The van der Waals surface area contributed by atoms with E-state index in [1.807, 2.05) is 100 Å². The third kappa shape index (κ3) is 12.7. The second-order valence-electron chi connectivity index (χ2n) is 10.6. The van der Waals surface area contributed by atoms with E-state index in [9.17, 15) is 10.2 Å². The number of hydrogen-bond donors (Lipinski definition) is 2. The lowest BCUT2D eigenvalue weighted by Crippen LogP contribution is -2.07. The van der Waals surface area contributed by atoms with Gasteiger partial charge in [0.05, 0.1) is 0 Å². The highest BCUT2D eigenvalue weighted by Crippen LogP contribution is 2.26. The molecule has 4 rings (SSSR count). The minimum Gasteiger partial charge on any atom is -0.508 e. The summed E-state index contributed by atoms with van der Waals surface area (Å²) in [5, 5.41) is 18.8. The van der Waals surface area contributed by atoms with Crippen LogP contribution in [-0.4, -0.2) is 48.4 Å². The minimum absolute atomic E-state index is 0.398. The fraction of sp³-hybridized carbons (Fsp3) is 0.353. The summed E-state index contributed by atoms with van der Waals surface area (Å²) in [6, 6.07) is 19.3. The Morgan fingerprint density at radius 1 is 0.525 bits per heavy atom. The van der Waals surface area contributed by atoms with Crippen LogP contribution in [0, 0.1) is 13.8 Å². The quantitative estimate of drug-likeness (QED) is 0.272. The van der Waals surface area contributed by atoms with E-state index in [-0.39, 0.29) is 0 Å². The van der Waals surface area contributed by atoms with Crippen molar-refractivity contribution in [1.82, 2.24) is 9.97 Å². The Bertz CT molecular complexity index is 1140. The van der Waals surface area contributed by atoms with E-state index in [0.717, 1.165) is 11.1 Å². The molecular formula is C34H48N4O2. The monoisotopic (exact) mass is 544 g/mol. The summed E-state index contributed by atoms with van der Waals surface area (Å²) in [6.45, 7) is 12.4. The molecule has 2 aromatic carbocycles. The summed E-state index contributed by atoms with van der Waals surface area (Å²) < 4.78 is 0. The van der Waals surface area contributed by atoms with Gasteiger partial charge in [-0.05, 0) is 73.2 Å². The van der Waals surface area contributed by atoms with Gasteiger partial charge in [0.15, 0.2) is 0 Å². The number of phenolic OH excluding ortho intramolecular Hbond substituents is 2. The van der Waals surface area contributed by atoms with E-state index in [1.54, 1.807) is 36.9 Å². The van der Waals surface area contributed by atoms with Gasteiger partial charge in [0.2, 0.25) is 0 Å². The van der Waals surface area contributed by atoms with E-state index in [0.29, 0.717) is 23.3 Å². The van der Waals surface area contributed by atoms with Crippen molar-refractivity contribution >= 4 is 11.4 Å². The Morgan fingerprint density at radius 2 is 0.825 bits per heavy atom. The molecule has 0 fully saturated rings. The van der Waals surface area contributed by atoms with Gasteiger partial charge in [-0.1, -0.05) is 63.1 Å². The number of nitrogens with zero attached hydrogens (tertiary/aromatic N) is 4. The summed E-state index contributed by atoms with van der Waals surface area (Å²) >= 11 is 0. The first-order valence-corrected chi connectivity index (χ1v) is 13.6. The van der Waals surface area contributed by atoms with Gasteiger partial charge in [0.25, 0.3) is 0 Å². The van der Waals surface area contributed by atoms with Crippen LogP contribution in [0.4, 0.5) is 11.4 Å². The first-order chi connectivity index (χ1) is 18.8. The molecule has 0 atom stereocenters. The zero-order valence-corrected chi connectivity index (χ0v) is 25.9. The molecule has 0 aliphatic rings. The van der Waals surface area contributed by atoms with E-state index >= 15 is 0 Å². The van der Waals surface area contributed by atoms with Crippen molar-refractivity contribution in [2.45, 2.75) is 53.4 Å². The van der Waals surface area contributed by atoms with Crippen LogP contribution in [0.2, 0.25) is 0 Å². The molecule has 6 heteroatoms. The van der Waals surface area contributed by atoms with Gasteiger partial charge in [-0.2, -0.15) is 0 Å². The molecule has 2 aromatic heterocycles. The van der Waals surface area contributed by atoms with Crippen LogP contribution in [0.25, 0.3) is 0 Å². The standard InChI is InChI=1S/2C10H14O.2C7H10N2/c2*1-7(2)9-6-8(3)4-5-10(9)11;2*1-9(2)7-3-5-8-6-4-7/h2*4-7,11H,1-3H3;2*3-6H,1-2H3. The third-order valence-corrected chi connectivity index (χ3v) is 5.97. The molecule has 0 radical (unpaired) electrons. The van der Waals surface area contributed by atoms with Crippen LogP contribution in [-0.2, 0) is 0 Å². The van der Waals surface area contributed by atoms with Crippen molar-refractivity contribution in [3.05, 3.63) is 108 Å². The predicted octanol–water partition coefficient (Wildman–Crippen LogP) is 7.94. The number of rotatable bonds is 4. The molecule has 0 saturated carbocycles. The van der Waals surface area contributed by atoms with Crippen molar-refractivity contribution in [1.29, 1.82) is 0 Å². The fourth-order valence-electron chi connectivity index (χ4n) is 3.56. The van der Waals surface area contributed by atoms with Crippen molar-refractivity contribution in [2.75, 3.05) is 38.0 Å². The number of aryl methyl sites for hydroxylation is 2. The average Bonchev–Trinajstić information content (AvgIpc) is 2.93. The van der Waals surface area contributed by atoms with E-state index < -0.39 is 0 Å². The van der Waals surface area contributed by atoms with Crippen molar-refractivity contribution in [2.24, 2.45) is 0 Å². The Balaban J connectivity index is 0.000000268. The van der Waals surface area contributed by atoms with Gasteiger partial charge in [0, 0.05) is 64.4 Å². The zero-order chi connectivity index (χ0) is 30.2. The molecule has 40 heavy (non-hydrogen) atoms. The lowest BCUT2D eigenvalue weighted by Gasteiger charge is -2.10. The van der Waals surface area contributed by atoms with Crippen molar-refractivity contribution < 1.29 is 10.2 Å². The number of benzene rings is 2. The number of anilines is 2. The third-order valence-electron chi connectivity index (χ3n) is 5.97. The molecule has 0 amide bonds. The molecule has 0 aliphatic heterocycles. The fourth-order valence-corrected chi connectivity index (χ4v) is 3.56. The summed E-state index contributed by atoms with van der Waals surface area (Å²) in [6.07, 6.45) is 7.15. The highest BCUT2D eigenvalue weighted by atomic mass is 16.3. The van der Waals surface area contributed by atoms with Gasteiger partial charge in [0.1, 0.15) is 11.5 Å². The van der Waals surface area contributed by atoms with Crippen LogP contribution in [0.5, 0.6) is 11.5 Å². The largest absolute Gasteiger partial charge is 0.508 e. The van der Waals surface area contributed by atoms with Gasteiger partial charge < -0.3 is 20.0 Å². The molecule has 216 valence electrons. The highest BCUT2D eigenvalue weighted by molar-refractivity contribution is 5.43. The summed E-state index contributed by atoms with van der Waals surface area (Å²) in [7, 11) is 8.04. The smallest absolute Gasteiger partial charge is 0.119 e.